The maximum atomic E-state index is 3.56. The van der Waals surface area contributed by atoms with Crippen LogP contribution in [0.4, 0.5) is 0 Å². The van der Waals surface area contributed by atoms with Gasteiger partial charge in [0.1, 0.15) is 12.4 Å². The third kappa shape index (κ3) is 14.1. The van der Waals surface area contributed by atoms with Gasteiger partial charge in [0.2, 0.25) is 0 Å². The monoisotopic (exact) mass is 433 g/mol. The molecule has 0 spiro atoms. The largest absolute Gasteiger partial charge is 0.257 e. The lowest BCUT2D eigenvalue weighted by Gasteiger charge is -2.14. The molecule has 0 fully saturated rings. The van der Waals surface area contributed by atoms with Crippen molar-refractivity contribution in [1.82, 2.24) is 4.98 Å². The Kier molecular flexibility index (Phi) is 18.1. The molecule has 2 atom stereocenters. The summed E-state index contributed by atoms with van der Waals surface area (Å²) in [6.45, 7) is 9.42. The van der Waals surface area contributed by atoms with E-state index in [0.717, 1.165) is 0 Å². The van der Waals surface area contributed by atoms with E-state index < -0.39 is 0 Å². The number of unbranched alkanes of at least 4 members (excludes halogenated alkanes) is 16. The Morgan fingerprint density at radius 3 is 1.52 bits per heavy atom. The molecule has 0 aliphatic carbocycles. The van der Waals surface area contributed by atoms with Crippen molar-refractivity contribution in [1.29, 1.82) is 0 Å². The first-order chi connectivity index (χ1) is 15.2. The number of hydrogen-bond acceptors (Lipinski definition) is 0. The van der Waals surface area contributed by atoms with Crippen molar-refractivity contribution in [3.05, 3.63) is 18.2 Å². The van der Waals surface area contributed by atoms with Gasteiger partial charge in [0, 0.05) is 0 Å². The fourth-order valence-electron chi connectivity index (χ4n) is 4.93. The molecule has 2 unspecified atom stereocenters. The van der Waals surface area contributed by atoms with Crippen LogP contribution in [0.5, 0.6) is 0 Å². The molecule has 0 aliphatic heterocycles. The highest BCUT2D eigenvalue weighted by Gasteiger charge is 2.22. The summed E-state index contributed by atoms with van der Waals surface area (Å²) in [5.41, 5.74) is 0. The predicted molar refractivity (Wildman–Crippen MR) is 138 cm³/mol. The summed E-state index contributed by atoms with van der Waals surface area (Å²) in [5.74, 6) is 2.09. The van der Waals surface area contributed by atoms with E-state index in [0.29, 0.717) is 12.0 Å². The summed E-state index contributed by atoms with van der Waals surface area (Å²) in [6, 6.07) is 0.622. The smallest absolute Gasteiger partial charge is 0.247 e. The topological polar surface area (TPSA) is 19.7 Å². The zero-order chi connectivity index (χ0) is 22.6. The summed E-state index contributed by atoms with van der Waals surface area (Å²) in [5, 5.41) is 0. The molecule has 0 saturated carbocycles. The first kappa shape index (κ1) is 28.2. The third-order valence-corrected chi connectivity index (χ3v) is 7.15. The van der Waals surface area contributed by atoms with Crippen LogP contribution in [0.2, 0.25) is 0 Å². The average molecular weight is 434 g/mol. The van der Waals surface area contributed by atoms with Crippen LogP contribution in [0.1, 0.15) is 174 Å². The molecule has 0 radical (unpaired) electrons. The highest BCUT2D eigenvalue weighted by Crippen LogP contribution is 2.21. The van der Waals surface area contributed by atoms with Crippen LogP contribution in [0.3, 0.4) is 0 Å². The van der Waals surface area contributed by atoms with Crippen molar-refractivity contribution >= 4 is 0 Å². The highest BCUT2D eigenvalue weighted by atomic mass is 15.1. The van der Waals surface area contributed by atoms with E-state index in [1.807, 2.05) is 0 Å². The summed E-state index contributed by atoms with van der Waals surface area (Å²) in [4.78, 5) is 3.56. The SMILES string of the molecule is CCCCCCCCCCCCC(C)[n+]1cc[nH]c1C(C)CCCCCCCCCC. The van der Waals surface area contributed by atoms with Crippen LogP contribution in [-0.4, -0.2) is 4.98 Å². The lowest BCUT2D eigenvalue weighted by molar-refractivity contribution is -0.727. The minimum Gasteiger partial charge on any atom is -0.247 e. The first-order valence-corrected chi connectivity index (χ1v) is 14.3. The van der Waals surface area contributed by atoms with E-state index in [-0.39, 0.29) is 0 Å². The maximum absolute atomic E-state index is 3.56. The minimum absolute atomic E-state index is 0.622. The first-order valence-electron chi connectivity index (χ1n) is 14.3. The fraction of sp³-hybridized carbons (Fsp3) is 0.897. The molecule has 1 aromatic heterocycles. The van der Waals surface area contributed by atoms with Crippen molar-refractivity contribution in [3.63, 3.8) is 0 Å². The van der Waals surface area contributed by atoms with Crippen molar-refractivity contribution in [2.75, 3.05) is 0 Å². The van der Waals surface area contributed by atoms with Crippen LogP contribution >= 0.6 is 0 Å². The normalized spacial score (nSPS) is 13.5. The second kappa shape index (κ2) is 19.9. The standard InChI is InChI=1S/C29H56N2/c1-5-7-9-11-13-15-16-18-20-22-24-28(4)31-26-25-30-29(31)27(3)23-21-19-17-14-12-10-8-6-2/h25-28H,5-24H2,1-4H3/p+1. The van der Waals surface area contributed by atoms with Crippen molar-refractivity contribution < 1.29 is 4.57 Å². The van der Waals surface area contributed by atoms with Gasteiger partial charge in [-0.3, -0.25) is 0 Å². The van der Waals surface area contributed by atoms with Gasteiger partial charge in [0.05, 0.1) is 12.0 Å². The zero-order valence-electron chi connectivity index (χ0n) is 21.9. The minimum atomic E-state index is 0.622. The van der Waals surface area contributed by atoms with Crippen LogP contribution in [0.25, 0.3) is 0 Å². The van der Waals surface area contributed by atoms with Gasteiger partial charge in [0.25, 0.3) is 5.82 Å². The zero-order valence-corrected chi connectivity index (χ0v) is 21.9. The molecule has 0 saturated heterocycles. The highest BCUT2D eigenvalue weighted by molar-refractivity contribution is 4.87. The molecule has 1 heterocycles. The summed E-state index contributed by atoms with van der Waals surface area (Å²) >= 11 is 0. The van der Waals surface area contributed by atoms with E-state index in [4.69, 9.17) is 0 Å². The van der Waals surface area contributed by atoms with Crippen LogP contribution < -0.4 is 4.57 Å². The van der Waals surface area contributed by atoms with Crippen LogP contribution in [0.15, 0.2) is 12.4 Å². The fourth-order valence-corrected chi connectivity index (χ4v) is 4.93. The second-order valence-electron chi connectivity index (χ2n) is 10.2. The van der Waals surface area contributed by atoms with Gasteiger partial charge >= 0.3 is 0 Å². The van der Waals surface area contributed by atoms with E-state index in [1.165, 1.54) is 134 Å². The van der Waals surface area contributed by atoms with E-state index in [9.17, 15) is 0 Å². The summed E-state index contributed by atoms with van der Waals surface area (Å²) in [7, 11) is 0. The quantitative estimate of drug-likeness (QED) is 0.139. The molecule has 0 amide bonds. The van der Waals surface area contributed by atoms with Gasteiger partial charge in [-0.25, -0.2) is 9.55 Å². The number of nitrogens with zero attached hydrogens (tertiary/aromatic N) is 1. The Morgan fingerprint density at radius 2 is 1.03 bits per heavy atom. The van der Waals surface area contributed by atoms with Gasteiger partial charge in [-0.2, -0.15) is 0 Å². The van der Waals surface area contributed by atoms with E-state index in [1.54, 1.807) is 0 Å². The Bertz CT molecular complexity index is 493. The summed E-state index contributed by atoms with van der Waals surface area (Å²) in [6.07, 6.45) is 32.6. The maximum Gasteiger partial charge on any atom is 0.257 e. The van der Waals surface area contributed by atoms with Crippen molar-refractivity contribution in [2.45, 2.75) is 168 Å². The van der Waals surface area contributed by atoms with Gasteiger partial charge in [-0.05, 0) is 26.2 Å². The number of rotatable bonds is 22. The van der Waals surface area contributed by atoms with Gasteiger partial charge in [0.15, 0.2) is 0 Å². The molecule has 1 N–H and O–H groups in total. The lowest BCUT2D eigenvalue weighted by Crippen LogP contribution is -2.40. The van der Waals surface area contributed by atoms with Gasteiger partial charge < -0.3 is 0 Å². The van der Waals surface area contributed by atoms with Gasteiger partial charge in [-0.15, -0.1) is 0 Å². The molecular weight excluding hydrogens is 376 g/mol. The van der Waals surface area contributed by atoms with E-state index >= 15 is 0 Å². The number of imidazole rings is 1. The Labute approximate surface area is 196 Å². The number of hydrogen-bond donors (Lipinski definition) is 1. The predicted octanol–water partition coefficient (Wildman–Crippen LogP) is 9.81. The molecule has 182 valence electrons. The molecular formula is C29H57N2+. The third-order valence-electron chi connectivity index (χ3n) is 7.15. The van der Waals surface area contributed by atoms with Crippen LogP contribution in [-0.2, 0) is 0 Å². The Hall–Kier alpha value is -0.790. The van der Waals surface area contributed by atoms with Crippen molar-refractivity contribution in [3.8, 4) is 0 Å². The molecule has 2 nitrogen and oxygen atoms in total. The Morgan fingerprint density at radius 1 is 0.613 bits per heavy atom. The molecule has 0 aromatic carbocycles. The molecule has 0 aliphatic rings. The molecule has 0 bridgehead atoms. The number of aromatic amines is 1. The number of H-pyrrole nitrogens is 1. The lowest BCUT2D eigenvalue weighted by atomic mass is 10.00. The van der Waals surface area contributed by atoms with Gasteiger partial charge in [-0.1, -0.05) is 130 Å². The van der Waals surface area contributed by atoms with E-state index in [2.05, 4.69) is 49.6 Å². The summed E-state index contributed by atoms with van der Waals surface area (Å²) < 4.78 is 2.53. The Balaban J connectivity index is 2.13. The van der Waals surface area contributed by atoms with Crippen molar-refractivity contribution in [2.24, 2.45) is 0 Å². The molecule has 1 rings (SSSR count). The number of nitrogens with one attached hydrogen (secondary N) is 1. The number of aromatic nitrogens is 2. The second-order valence-corrected chi connectivity index (χ2v) is 10.2. The molecule has 2 heteroatoms. The average Bonchev–Trinajstić information content (AvgIpc) is 3.27. The molecule has 31 heavy (non-hydrogen) atoms. The molecule has 1 aromatic rings. The van der Waals surface area contributed by atoms with Crippen LogP contribution in [0, 0.1) is 0 Å².